The summed E-state index contributed by atoms with van der Waals surface area (Å²) in [6.07, 6.45) is 4.27. The van der Waals surface area contributed by atoms with Gasteiger partial charge in [0.05, 0.1) is 18.2 Å². The van der Waals surface area contributed by atoms with Gasteiger partial charge in [0.2, 0.25) is 0 Å². The second-order valence-corrected chi connectivity index (χ2v) is 10.7. The van der Waals surface area contributed by atoms with Crippen LogP contribution in [0.15, 0.2) is 78.9 Å². The summed E-state index contributed by atoms with van der Waals surface area (Å²) in [5.41, 5.74) is 7.83. The van der Waals surface area contributed by atoms with Gasteiger partial charge in [-0.05, 0) is 87.4 Å². The molecule has 0 fully saturated rings. The summed E-state index contributed by atoms with van der Waals surface area (Å²) in [7, 11) is 1.56. The number of nitrogens with one attached hydrogen (secondary N) is 1. The molecule has 0 spiro atoms. The lowest BCUT2D eigenvalue weighted by Gasteiger charge is -2.35. The highest BCUT2D eigenvalue weighted by Crippen LogP contribution is 2.54. The smallest absolute Gasteiger partial charge is 0.172 e. The molecule has 0 bridgehead atoms. The van der Waals surface area contributed by atoms with E-state index in [9.17, 15) is 5.11 Å². The molecule has 39 heavy (non-hydrogen) atoms. The van der Waals surface area contributed by atoms with Crippen LogP contribution in [-0.2, 0) is 0 Å². The average Bonchev–Trinajstić information content (AvgIpc) is 2.89. The van der Waals surface area contributed by atoms with Crippen molar-refractivity contribution in [3.05, 3.63) is 101 Å². The molecule has 4 aromatic rings. The van der Waals surface area contributed by atoms with Crippen molar-refractivity contribution in [1.29, 1.82) is 0 Å². The third kappa shape index (κ3) is 4.50. The maximum atomic E-state index is 10.6. The van der Waals surface area contributed by atoms with E-state index in [0.29, 0.717) is 17.3 Å². The number of aromatic hydroxyl groups is 1. The van der Waals surface area contributed by atoms with Gasteiger partial charge >= 0.3 is 0 Å². The summed E-state index contributed by atoms with van der Waals surface area (Å²) in [6.45, 7) is 8.49. The summed E-state index contributed by atoms with van der Waals surface area (Å²) in [5, 5.41) is 14.2. The average molecular weight is 518 g/mol. The molecule has 5 heteroatoms. The maximum absolute atomic E-state index is 10.6. The molecule has 6 rings (SSSR count). The minimum Gasteiger partial charge on any atom is -0.504 e. The van der Waals surface area contributed by atoms with Crippen LogP contribution in [0, 0.1) is 6.92 Å². The van der Waals surface area contributed by atoms with Gasteiger partial charge in [-0.3, -0.25) is 0 Å². The molecule has 0 aromatic heterocycles. The molecule has 0 radical (unpaired) electrons. The molecule has 0 unspecified atom stereocenters. The largest absolute Gasteiger partial charge is 0.504 e. The molecule has 4 aromatic carbocycles. The Morgan fingerprint density at radius 2 is 1.67 bits per heavy atom. The van der Waals surface area contributed by atoms with E-state index < -0.39 is 0 Å². The van der Waals surface area contributed by atoms with Crippen LogP contribution < -0.4 is 19.5 Å². The third-order valence-corrected chi connectivity index (χ3v) is 7.08. The minimum absolute atomic E-state index is 0.0726. The fourth-order valence-corrected chi connectivity index (χ4v) is 5.51. The standard InChI is InChI=1S/C34H31NO4/c1-20-9-11-23(12-10-20)38-24-8-6-7-22(17-24)18-29-31-25(32-28(39-29)16-15-27(36)33(32)37-5)13-14-26-30(31)21(2)19-34(3,4)35-26/h6-19,35-36H,1-5H3/b29-18-. The number of hydrogen-bond donors (Lipinski definition) is 2. The monoisotopic (exact) mass is 517 g/mol. The van der Waals surface area contributed by atoms with Crippen LogP contribution in [0.2, 0.25) is 0 Å². The van der Waals surface area contributed by atoms with Crippen LogP contribution >= 0.6 is 0 Å². The summed E-state index contributed by atoms with van der Waals surface area (Å²) < 4.78 is 18.3. The molecule has 5 nitrogen and oxygen atoms in total. The molecule has 2 N–H and O–H groups in total. The van der Waals surface area contributed by atoms with Gasteiger partial charge in [0.25, 0.3) is 0 Å². The molecule has 196 valence electrons. The fourth-order valence-electron chi connectivity index (χ4n) is 5.51. The van der Waals surface area contributed by atoms with Crippen molar-refractivity contribution in [1.82, 2.24) is 0 Å². The summed E-state index contributed by atoms with van der Waals surface area (Å²) in [5.74, 6) is 3.33. The van der Waals surface area contributed by atoms with E-state index in [2.05, 4.69) is 51.2 Å². The topological polar surface area (TPSA) is 60.0 Å². The van der Waals surface area contributed by atoms with Gasteiger partial charge in [-0.2, -0.15) is 0 Å². The lowest BCUT2D eigenvalue weighted by Crippen LogP contribution is -2.32. The van der Waals surface area contributed by atoms with E-state index in [1.807, 2.05) is 54.6 Å². The van der Waals surface area contributed by atoms with Gasteiger partial charge in [0, 0.05) is 22.4 Å². The minimum atomic E-state index is -0.180. The summed E-state index contributed by atoms with van der Waals surface area (Å²) >= 11 is 0. The number of phenolic OH excluding ortho intramolecular Hbond substituents is 1. The van der Waals surface area contributed by atoms with Gasteiger partial charge in [-0.25, -0.2) is 0 Å². The van der Waals surface area contributed by atoms with Crippen molar-refractivity contribution >= 4 is 23.1 Å². The molecule has 2 aliphatic heterocycles. The molecule has 0 saturated heterocycles. The van der Waals surface area contributed by atoms with Crippen molar-refractivity contribution in [2.75, 3.05) is 12.4 Å². The zero-order chi connectivity index (χ0) is 27.3. The Morgan fingerprint density at radius 3 is 2.44 bits per heavy atom. The first-order valence-electron chi connectivity index (χ1n) is 13.0. The van der Waals surface area contributed by atoms with Crippen molar-refractivity contribution in [3.63, 3.8) is 0 Å². The predicted molar refractivity (Wildman–Crippen MR) is 158 cm³/mol. The van der Waals surface area contributed by atoms with Gasteiger partial charge in [-0.1, -0.05) is 42.0 Å². The molecule has 0 aliphatic carbocycles. The van der Waals surface area contributed by atoms with Gasteiger partial charge < -0.3 is 24.6 Å². The quantitative estimate of drug-likeness (QED) is 0.284. The number of ether oxygens (including phenoxy) is 3. The Morgan fingerprint density at radius 1 is 0.872 bits per heavy atom. The lowest BCUT2D eigenvalue weighted by atomic mass is 9.83. The Bertz CT molecular complexity index is 1660. The van der Waals surface area contributed by atoms with E-state index >= 15 is 0 Å². The first kappa shape index (κ1) is 24.7. The predicted octanol–water partition coefficient (Wildman–Crippen LogP) is 8.67. The van der Waals surface area contributed by atoms with Gasteiger partial charge in [0.1, 0.15) is 23.0 Å². The Kier molecular flexibility index (Phi) is 5.87. The molecular formula is C34H31NO4. The molecular weight excluding hydrogens is 486 g/mol. The zero-order valence-corrected chi connectivity index (χ0v) is 22.8. The first-order chi connectivity index (χ1) is 18.7. The lowest BCUT2D eigenvalue weighted by molar-refractivity contribution is 0.371. The Hall–Kier alpha value is -4.64. The molecule has 2 heterocycles. The van der Waals surface area contributed by atoms with E-state index in [1.54, 1.807) is 19.2 Å². The number of methoxy groups -OCH3 is 1. The highest BCUT2D eigenvalue weighted by atomic mass is 16.5. The van der Waals surface area contributed by atoms with Gasteiger partial charge in [-0.15, -0.1) is 0 Å². The van der Waals surface area contributed by atoms with Crippen molar-refractivity contribution in [3.8, 4) is 39.9 Å². The van der Waals surface area contributed by atoms with Crippen LogP contribution in [0.4, 0.5) is 5.69 Å². The van der Waals surface area contributed by atoms with Crippen molar-refractivity contribution in [2.24, 2.45) is 0 Å². The number of aryl methyl sites for hydroxylation is 1. The third-order valence-electron chi connectivity index (χ3n) is 7.08. The van der Waals surface area contributed by atoms with Crippen LogP contribution in [-0.4, -0.2) is 17.8 Å². The van der Waals surface area contributed by atoms with Crippen molar-refractivity contribution < 1.29 is 19.3 Å². The summed E-state index contributed by atoms with van der Waals surface area (Å²) in [4.78, 5) is 0. The fraction of sp³-hybridized carbons (Fsp3) is 0.176. The number of benzene rings is 4. The first-order valence-corrected chi connectivity index (χ1v) is 13.0. The van der Waals surface area contributed by atoms with E-state index in [0.717, 1.165) is 50.6 Å². The Labute approximate surface area is 229 Å². The number of rotatable bonds is 4. The van der Waals surface area contributed by atoms with Crippen LogP contribution in [0.5, 0.6) is 28.7 Å². The number of phenols is 1. The van der Waals surface area contributed by atoms with Gasteiger partial charge in [0.15, 0.2) is 11.5 Å². The second kappa shape index (κ2) is 9.28. The number of hydrogen-bond acceptors (Lipinski definition) is 5. The van der Waals surface area contributed by atoms with Crippen molar-refractivity contribution in [2.45, 2.75) is 33.2 Å². The highest BCUT2D eigenvalue weighted by Gasteiger charge is 2.33. The van der Waals surface area contributed by atoms with E-state index in [1.165, 1.54) is 5.56 Å². The highest BCUT2D eigenvalue weighted by molar-refractivity contribution is 6.02. The normalized spacial score (nSPS) is 15.7. The second-order valence-electron chi connectivity index (χ2n) is 10.7. The van der Waals surface area contributed by atoms with E-state index in [4.69, 9.17) is 14.2 Å². The Balaban J connectivity index is 1.51. The van der Waals surface area contributed by atoms with Crippen LogP contribution in [0.3, 0.4) is 0 Å². The molecule has 2 aliphatic rings. The van der Waals surface area contributed by atoms with E-state index in [-0.39, 0.29) is 11.3 Å². The molecule has 0 saturated carbocycles. The molecule has 0 atom stereocenters. The van der Waals surface area contributed by atoms with Crippen LogP contribution in [0.1, 0.15) is 43.0 Å². The number of allylic oxidation sites excluding steroid dienone is 1. The maximum Gasteiger partial charge on any atom is 0.172 e. The van der Waals surface area contributed by atoms with Crippen LogP contribution in [0.25, 0.3) is 28.5 Å². The zero-order valence-electron chi connectivity index (χ0n) is 22.8. The number of fused-ring (bicyclic) bond motifs is 5. The number of anilines is 1. The SMILES string of the molecule is COc1c(O)ccc2c1-c1ccc3c(c1/C(=C/c1cccc(Oc4ccc(C)cc4)c1)O2)C(C)=CC(C)(C)N3. The summed E-state index contributed by atoms with van der Waals surface area (Å²) in [6, 6.07) is 23.5. The molecule has 0 amide bonds.